The first-order valence-corrected chi connectivity index (χ1v) is 7.29. The van der Waals surface area contributed by atoms with E-state index >= 15 is 0 Å². The molecule has 4 nitrogen and oxygen atoms in total. The van der Waals surface area contributed by atoms with E-state index in [1.807, 2.05) is 11.7 Å². The van der Waals surface area contributed by atoms with Crippen molar-refractivity contribution in [2.24, 2.45) is 24.6 Å². The third kappa shape index (κ3) is 3.31. The summed E-state index contributed by atoms with van der Waals surface area (Å²) in [6, 6.07) is 0.246. The summed E-state index contributed by atoms with van der Waals surface area (Å²) in [5.74, 6) is 2.64. The van der Waals surface area contributed by atoms with Gasteiger partial charge in [0.05, 0.1) is 0 Å². The maximum absolute atomic E-state index is 6.35. The van der Waals surface area contributed by atoms with Crippen LogP contribution in [0.5, 0.6) is 0 Å². The first-order valence-electron chi connectivity index (χ1n) is 7.29. The molecule has 0 spiro atoms. The lowest BCUT2D eigenvalue weighted by atomic mass is 9.76. The highest BCUT2D eigenvalue weighted by Gasteiger charge is 2.26. The number of hydrogen-bond donors (Lipinski definition) is 1. The Bertz CT molecular complexity index is 352. The molecule has 2 N–H and O–H groups in total. The Kier molecular flexibility index (Phi) is 4.75. The second kappa shape index (κ2) is 6.32. The third-order valence-corrected chi connectivity index (χ3v) is 4.42. The van der Waals surface area contributed by atoms with Crippen LogP contribution in [0.1, 0.15) is 51.3 Å². The van der Waals surface area contributed by atoms with Gasteiger partial charge >= 0.3 is 0 Å². The molecule has 0 saturated heterocycles. The van der Waals surface area contributed by atoms with Gasteiger partial charge in [0.2, 0.25) is 0 Å². The summed E-state index contributed by atoms with van der Waals surface area (Å²) in [6.45, 7) is 2.28. The van der Waals surface area contributed by atoms with Gasteiger partial charge in [0.25, 0.3) is 0 Å². The van der Waals surface area contributed by atoms with Gasteiger partial charge in [-0.05, 0) is 24.7 Å². The zero-order chi connectivity index (χ0) is 13.0. The Morgan fingerprint density at radius 3 is 2.67 bits per heavy atom. The molecule has 0 bridgehead atoms. The SMILES string of the molecule is CCCC1CCC(C(N)Cc2ncnn2C)CC1. The number of aromatic nitrogens is 3. The topological polar surface area (TPSA) is 56.7 Å². The van der Waals surface area contributed by atoms with E-state index in [9.17, 15) is 0 Å². The van der Waals surface area contributed by atoms with Crippen LogP contribution in [0, 0.1) is 11.8 Å². The van der Waals surface area contributed by atoms with Gasteiger partial charge in [-0.15, -0.1) is 0 Å². The first kappa shape index (κ1) is 13.5. The standard InChI is InChI=1S/C14H26N4/c1-3-4-11-5-7-12(8-6-11)13(15)9-14-16-10-17-18(14)2/h10-13H,3-9,15H2,1-2H3. The molecule has 0 aromatic carbocycles. The Labute approximate surface area is 110 Å². The largest absolute Gasteiger partial charge is 0.327 e. The lowest BCUT2D eigenvalue weighted by molar-refractivity contribution is 0.231. The third-order valence-electron chi connectivity index (χ3n) is 4.42. The van der Waals surface area contributed by atoms with Crippen molar-refractivity contribution in [2.75, 3.05) is 0 Å². The van der Waals surface area contributed by atoms with Gasteiger partial charge in [-0.2, -0.15) is 5.10 Å². The second-order valence-electron chi connectivity index (χ2n) is 5.74. The lowest BCUT2D eigenvalue weighted by Crippen LogP contribution is -2.35. The van der Waals surface area contributed by atoms with Crippen molar-refractivity contribution in [3.05, 3.63) is 12.2 Å². The van der Waals surface area contributed by atoms with Crippen molar-refractivity contribution >= 4 is 0 Å². The van der Waals surface area contributed by atoms with Crippen LogP contribution in [0.25, 0.3) is 0 Å². The molecule has 1 aliphatic carbocycles. The number of aryl methyl sites for hydroxylation is 1. The van der Waals surface area contributed by atoms with E-state index in [1.165, 1.54) is 38.5 Å². The molecule has 1 aromatic rings. The van der Waals surface area contributed by atoms with Crippen molar-refractivity contribution in [1.82, 2.24) is 14.8 Å². The van der Waals surface area contributed by atoms with Crippen LogP contribution < -0.4 is 5.73 Å². The van der Waals surface area contributed by atoms with E-state index in [0.29, 0.717) is 5.92 Å². The molecule has 18 heavy (non-hydrogen) atoms. The van der Waals surface area contributed by atoms with E-state index in [2.05, 4.69) is 17.0 Å². The molecular weight excluding hydrogens is 224 g/mol. The second-order valence-corrected chi connectivity index (χ2v) is 5.74. The smallest absolute Gasteiger partial charge is 0.138 e. The summed E-state index contributed by atoms with van der Waals surface area (Å²) in [6.07, 6.45) is 10.5. The summed E-state index contributed by atoms with van der Waals surface area (Å²) in [4.78, 5) is 4.27. The number of hydrogen-bond acceptors (Lipinski definition) is 3. The number of nitrogens with two attached hydrogens (primary N) is 1. The fraction of sp³-hybridized carbons (Fsp3) is 0.857. The fourth-order valence-corrected chi connectivity index (χ4v) is 3.20. The van der Waals surface area contributed by atoms with Gasteiger partial charge in [-0.25, -0.2) is 4.98 Å². The molecule has 1 fully saturated rings. The zero-order valence-electron chi connectivity index (χ0n) is 11.7. The minimum atomic E-state index is 0.246. The van der Waals surface area contributed by atoms with Crippen molar-refractivity contribution in [3.63, 3.8) is 0 Å². The summed E-state index contributed by atoms with van der Waals surface area (Å²) >= 11 is 0. The van der Waals surface area contributed by atoms with Gasteiger partial charge in [-0.1, -0.05) is 32.6 Å². The molecule has 1 saturated carbocycles. The molecule has 1 heterocycles. The number of nitrogens with zero attached hydrogens (tertiary/aromatic N) is 3. The highest BCUT2D eigenvalue weighted by atomic mass is 15.3. The van der Waals surface area contributed by atoms with E-state index in [-0.39, 0.29) is 6.04 Å². The van der Waals surface area contributed by atoms with E-state index < -0.39 is 0 Å². The Hall–Kier alpha value is -0.900. The fourth-order valence-electron chi connectivity index (χ4n) is 3.20. The normalized spacial score (nSPS) is 26.2. The molecule has 1 unspecified atom stereocenters. The van der Waals surface area contributed by atoms with Crippen LogP contribution in [0.4, 0.5) is 0 Å². The van der Waals surface area contributed by atoms with E-state index in [1.54, 1.807) is 6.33 Å². The van der Waals surface area contributed by atoms with Crippen molar-refractivity contribution in [1.29, 1.82) is 0 Å². The highest BCUT2D eigenvalue weighted by molar-refractivity contribution is 4.91. The molecule has 1 aromatic heterocycles. The van der Waals surface area contributed by atoms with Gasteiger partial charge < -0.3 is 5.73 Å². The molecule has 1 aliphatic rings. The predicted molar refractivity (Wildman–Crippen MR) is 73.0 cm³/mol. The molecule has 0 radical (unpaired) electrons. The summed E-state index contributed by atoms with van der Waals surface area (Å²) in [5.41, 5.74) is 6.35. The van der Waals surface area contributed by atoms with Crippen molar-refractivity contribution in [3.8, 4) is 0 Å². The van der Waals surface area contributed by atoms with Crippen LogP contribution in [-0.4, -0.2) is 20.8 Å². The van der Waals surface area contributed by atoms with Crippen LogP contribution in [-0.2, 0) is 13.5 Å². The van der Waals surface area contributed by atoms with Gasteiger partial charge in [-0.3, -0.25) is 4.68 Å². The van der Waals surface area contributed by atoms with Crippen molar-refractivity contribution in [2.45, 2.75) is 57.9 Å². The molecule has 0 aliphatic heterocycles. The van der Waals surface area contributed by atoms with E-state index in [4.69, 9.17) is 5.73 Å². The van der Waals surface area contributed by atoms with Gasteiger partial charge in [0.15, 0.2) is 0 Å². The van der Waals surface area contributed by atoms with E-state index in [0.717, 1.165) is 18.2 Å². The molecule has 2 rings (SSSR count). The molecule has 0 amide bonds. The Balaban J connectivity index is 1.80. The number of rotatable bonds is 5. The molecule has 102 valence electrons. The quantitative estimate of drug-likeness (QED) is 0.872. The monoisotopic (exact) mass is 250 g/mol. The molecule has 1 atom stereocenters. The maximum atomic E-state index is 6.35. The van der Waals surface area contributed by atoms with Gasteiger partial charge in [0.1, 0.15) is 12.2 Å². The summed E-state index contributed by atoms with van der Waals surface area (Å²) in [7, 11) is 1.94. The van der Waals surface area contributed by atoms with Crippen LogP contribution >= 0.6 is 0 Å². The van der Waals surface area contributed by atoms with Gasteiger partial charge in [0, 0.05) is 19.5 Å². The average Bonchev–Trinajstić information content (AvgIpc) is 2.76. The minimum absolute atomic E-state index is 0.246. The van der Waals surface area contributed by atoms with Crippen LogP contribution in [0.3, 0.4) is 0 Å². The molecular formula is C14H26N4. The van der Waals surface area contributed by atoms with Crippen LogP contribution in [0.2, 0.25) is 0 Å². The first-order chi connectivity index (χ1) is 8.70. The Morgan fingerprint density at radius 1 is 1.39 bits per heavy atom. The van der Waals surface area contributed by atoms with Crippen LogP contribution in [0.15, 0.2) is 6.33 Å². The summed E-state index contributed by atoms with van der Waals surface area (Å²) in [5, 5.41) is 4.10. The highest BCUT2D eigenvalue weighted by Crippen LogP contribution is 2.33. The predicted octanol–water partition coefficient (Wildman–Crippen LogP) is 2.29. The van der Waals surface area contributed by atoms with Crippen molar-refractivity contribution < 1.29 is 0 Å². The lowest BCUT2D eigenvalue weighted by Gasteiger charge is -2.31. The maximum Gasteiger partial charge on any atom is 0.138 e. The molecule has 4 heteroatoms. The summed E-state index contributed by atoms with van der Waals surface area (Å²) < 4.78 is 1.84. The zero-order valence-corrected chi connectivity index (χ0v) is 11.7. The Morgan fingerprint density at radius 2 is 2.11 bits per heavy atom. The average molecular weight is 250 g/mol. The minimum Gasteiger partial charge on any atom is -0.327 e.